The van der Waals surface area contributed by atoms with Crippen LogP contribution >= 0.6 is 0 Å². The summed E-state index contributed by atoms with van der Waals surface area (Å²) in [6, 6.07) is 13.1. The Kier molecular flexibility index (Phi) is 4.75. The van der Waals surface area contributed by atoms with Crippen molar-refractivity contribution in [2.24, 2.45) is 0 Å². The third-order valence-corrected chi connectivity index (χ3v) is 5.80. The van der Waals surface area contributed by atoms with Crippen LogP contribution in [-0.2, 0) is 6.42 Å². The molecule has 2 heterocycles. The number of aromatic nitrogens is 1. The predicted molar refractivity (Wildman–Crippen MR) is 113 cm³/mol. The molecular formula is C24H22N2O4. The van der Waals surface area contributed by atoms with Crippen molar-refractivity contribution in [2.75, 3.05) is 14.2 Å². The van der Waals surface area contributed by atoms with Gasteiger partial charge in [0.2, 0.25) is 0 Å². The van der Waals surface area contributed by atoms with Crippen LogP contribution in [0.15, 0.2) is 36.4 Å². The van der Waals surface area contributed by atoms with Crippen LogP contribution in [-0.4, -0.2) is 29.9 Å². The molecule has 0 radical (unpaired) electrons. The molecule has 1 aromatic heterocycles. The second-order valence-electron chi connectivity index (χ2n) is 7.47. The van der Waals surface area contributed by atoms with Gasteiger partial charge in [-0.05, 0) is 55.7 Å². The zero-order chi connectivity index (χ0) is 21.6. The number of hydrogen-bond donors (Lipinski definition) is 1. The highest BCUT2D eigenvalue weighted by Crippen LogP contribution is 2.47. The van der Waals surface area contributed by atoms with E-state index in [1.165, 1.54) is 0 Å². The number of carbonyl (C=O) groups is 1. The Labute approximate surface area is 174 Å². The van der Waals surface area contributed by atoms with E-state index in [1.807, 2.05) is 19.1 Å². The molecule has 1 atom stereocenters. The molecule has 0 aliphatic carbocycles. The van der Waals surface area contributed by atoms with E-state index < -0.39 is 5.97 Å². The molecule has 152 valence electrons. The predicted octanol–water partition coefficient (Wildman–Crippen LogP) is 4.83. The minimum atomic E-state index is -0.974. The van der Waals surface area contributed by atoms with Crippen LogP contribution in [0.3, 0.4) is 0 Å². The Balaban J connectivity index is 1.99. The van der Waals surface area contributed by atoms with Crippen LogP contribution < -0.4 is 9.47 Å². The number of carboxylic acids is 1. The summed E-state index contributed by atoms with van der Waals surface area (Å²) >= 11 is 0. The fourth-order valence-electron chi connectivity index (χ4n) is 4.48. The molecule has 0 bridgehead atoms. The molecule has 2 aromatic carbocycles. The van der Waals surface area contributed by atoms with Crippen molar-refractivity contribution in [2.45, 2.75) is 26.3 Å². The molecule has 0 saturated carbocycles. The van der Waals surface area contributed by atoms with Gasteiger partial charge in [0.1, 0.15) is 6.07 Å². The summed E-state index contributed by atoms with van der Waals surface area (Å²) in [6.45, 7) is 4.14. The molecule has 1 N–H and O–H groups in total. The maximum atomic E-state index is 11.2. The lowest BCUT2D eigenvalue weighted by Crippen LogP contribution is -2.17. The highest BCUT2D eigenvalue weighted by atomic mass is 16.5. The zero-order valence-corrected chi connectivity index (χ0v) is 17.3. The normalized spacial score (nSPS) is 14.4. The molecule has 1 aliphatic heterocycles. The quantitative estimate of drug-likeness (QED) is 0.675. The minimum Gasteiger partial charge on any atom is -0.493 e. The summed E-state index contributed by atoms with van der Waals surface area (Å²) < 4.78 is 13.2. The maximum Gasteiger partial charge on any atom is 0.335 e. The number of fused-ring (bicyclic) bond motifs is 3. The van der Waals surface area contributed by atoms with E-state index in [0.29, 0.717) is 17.1 Å². The van der Waals surface area contributed by atoms with E-state index in [0.717, 1.165) is 40.1 Å². The minimum absolute atomic E-state index is 0.157. The summed E-state index contributed by atoms with van der Waals surface area (Å²) in [7, 11) is 3.21. The van der Waals surface area contributed by atoms with Gasteiger partial charge >= 0.3 is 5.97 Å². The Bertz CT molecular complexity index is 1200. The first kappa shape index (κ1) is 19.6. The van der Waals surface area contributed by atoms with Crippen molar-refractivity contribution in [1.29, 1.82) is 5.26 Å². The van der Waals surface area contributed by atoms with Crippen LogP contribution in [0.2, 0.25) is 0 Å². The number of ether oxygens (including phenoxy) is 2. The number of rotatable bonds is 4. The number of methoxy groups -OCH3 is 2. The average molecular weight is 402 g/mol. The van der Waals surface area contributed by atoms with Crippen molar-refractivity contribution in [3.05, 3.63) is 58.8 Å². The first-order valence-corrected chi connectivity index (χ1v) is 9.65. The van der Waals surface area contributed by atoms with Crippen molar-refractivity contribution in [1.82, 2.24) is 4.57 Å². The van der Waals surface area contributed by atoms with Gasteiger partial charge in [-0.2, -0.15) is 5.26 Å². The van der Waals surface area contributed by atoms with E-state index in [1.54, 1.807) is 38.5 Å². The van der Waals surface area contributed by atoms with Gasteiger partial charge in [0, 0.05) is 22.9 Å². The lowest BCUT2D eigenvalue weighted by molar-refractivity contribution is 0.0697. The lowest BCUT2D eigenvalue weighted by Gasteiger charge is -2.28. The van der Waals surface area contributed by atoms with Gasteiger partial charge in [-0.3, -0.25) is 0 Å². The highest BCUT2D eigenvalue weighted by molar-refractivity contribution is 5.90. The van der Waals surface area contributed by atoms with Crippen molar-refractivity contribution < 1.29 is 19.4 Å². The van der Waals surface area contributed by atoms with Crippen LogP contribution in [0.1, 0.15) is 40.1 Å². The Morgan fingerprint density at radius 1 is 1.17 bits per heavy atom. The molecular weight excluding hydrogens is 380 g/mol. The fraction of sp³-hybridized carbons (Fsp3) is 0.250. The standard InChI is InChI=1S/C24H22N2O4/c1-13-9-17-10-20(29-3)21(30-4)11-18(17)23-19(12-25)22(14(2)26(13)23)15-5-7-16(8-6-15)24(27)28/h5-8,10-11,13H,9H2,1-4H3,(H,27,28). The number of nitriles is 1. The summed E-state index contributed by atoms with van der Waals surface area (Å²) in [5.41, 5.74) is 6.36. The van der Waals surface area contributed by atoms with E-state index >= 15 is 0 Å². The van der Waals surface area contributed by atoms with Crippen LogP contribution in [0.25, 0.3) is 22.4 Å². The SMILES string of the molecule is COc1cc2c(cc1OC)-c1c(C#N)c(-c3ccc(C(=O)O)cc3)c(C)n1C(C)C2. The molecule has 30 heavy (non-hydrogen) atoms. The second-order valence-corrected chi connectivity index (χ2v) is 7.47. The summed E-state index contributed by atoms with van der Waals surface area (Å²) in [5, 5.41) is 19.3. The molecule has 0 spiro atoms. The maximum absolute atomic E-state index is 11.2. The first-order chi connectivity index (χ1) is 14.4. The average Bonchev–Trinajstić information content (AvgIpc) is 3.05. The van der Waals surface area contributed by atoms with Gasteiger partial charge in [-0.15, -0.1) is 0 Å². The first-order valence-electron chi connectivity index (χ1n) is 9.65. The number of carboxylic acid groups (broad SMARTS) is 1. The molecule has 6 heteroatoms. The van der Waals surface area contributed by atoms with Crippen molar-refractivity contribution >= 4 is 5.97 Å². The third-order valence-electron chi connectivity index (χ3n) is 5.80. The summed E-state index contributed by atoms with van der Waals surface area (Å²) in [5.74, 6) is 0.314. The van der Waals surface area contributed by atoms with Gasteiger partial charge in [0.05, 0.1) is 31.0 Å². The topological polar surface area (TPSA) is 84.5 Å². The van der Waals surface area contributed by atoms with E-state index in [4.69, 9.17) is 9.47 Å². The molecule has 0 fully saturated rings. The van der Waals surface area contributed by atoms with Crippen LogP contribution in [0, 0.1) is 18.3 Å². The van der Waals surface area contributed by atoms with Crippen LogP contribution in [0.5, 0.6) is 11.5 Å². The van der Waals surface area contributed by atoms with Crippen molar-refractivity contribution in [3.63, 3.8) is 0 Å². The van der Waals surface area contributed by atoms with E-state index in [-0.39, 0.29) is 11.6 Å². The Morgan fingerprint density at radius 2 is 1.80 bits per heavy atom. The molecule has 0 amide bonds. The lowest BCUT2D eigenvalue weighted by atomic mass is 9.91. The largest absolute Gasteiger partial charge is 0.493 e. The Morgan fingerprint density at radius 3 is 2.37 bits per heavy atom. The molecule has 6 nitrogen and oxygen atoms in total. The smallest absolute Gasteiger partial charge is 0.335 e. The van der Waals surface area contributed by atoms with E-state index in [2.05, 4.69) is 17.6 Å². The zero-order valence-electron chi connectivity index (χ0n) is 17.3. The number of aromatic carboxylic acids is 1. The molecule has 1 unspecified atom stereocenters. The van der Waals surface area contributed by atoms with Gasteiger partial charge in [-0.25, -0.2) is 4.79 Å². The number of benzene rings is 2. The van der Waals surface area contributed by atoms with Gasteiger partial charge < -0.3 is 19.1 Å². The van der Waals surface area contributed by atoms with E-state index in [9.17, 15) is 15.2 Å². The Hall–Kier alpha value is -3.72. The van der Waals surface area contributed by atoms with Crippen LogP contribution in [0.4, 0.5) is 0 Å². The molecule has 4 rings (SSSR count). The summed E-state index contributed by atoms with van der Waals surface area (Å²) in [6.07, 6.45) is 0.806. The number of hydrogen-bond acceptors (Lipinski definition) is 4. The van der Waals surface area contributed by atoms with Gasteiger partial charge in [0.25, 0.3) is 0 Å². The number of nitrogens with zero attached hydrogens (tertiary/aromatic N) is 2. The fourth-order valence-corrected chi connectivity index (χ4v) is 4.48. The van der Waals surface area contributed by atoms with Crippen molar-refractivity contribution in [3.8, 4) is 40.0 Å². The third kappa shape index (κ3) is 2.82. The van der Waals surface area contributed by atoms with Gasteiger partial charge in [-0.1, -0.05) is 12.1 Å². The highest BCUT2D eigenvalue weighted by Gasteiger charge is 2.31. The molecule has 3 aromatic rings. The molecule has 0 saturated heterocycles. The van der Waals surface area contributed by atoms with Gasteiger partial charge in [0.15, 0.2) is 11.5 Å². The second kappa shape index (κ2) is 7.27. The molecule has 1 aliphatic rings. The summed E-state index contributed by atoms with van der Waals surface area (Å²) in [4.78, 5) is 11.2. The monoisotopic (exact) mass is 402 g/mol.